The van der Waals surface area contributed by atoms with Crippen LogP contribution in [-0.4, -0.2) is 28.9 Å². The highest BCUT2D eigenvalue weighted by molar-refractivity contribution is 6.00. The number of hydrogen-bond acceptors (Lipinski definition) is 3. The van der Waals surface area contributed by atoms with Gasteiger partial charge in [0.05, 0.1) is 6.04 Å². The van der Waals surface area contributed by atoms with Crippen molar-refractivity contribution in [2.75, 3.05) is 0 Å². The van der Waals surface area contributed by atoms with Crippen LogP contribution in [0.15, 0.2) is 60.7 Å². The number of carbonyl (C=O) groups is 2. The largest absolute Gasteiger partial charge is 0.383 e. The topological polar surface area (TPSA) is 66.4 Å². The predicted octanol–water partition coefficient (Wildman–Crippen LogP) is 4.00. The van der Waals surface area contributed by atoms with Gasteiger partial charge in [0.15, 0.2) is 5.78 Å². The van der Waals surface area contributed by atoms with Crippen molar-refractivity contribution in [3.05, 3.63) is 71.8 Å². The molecule has 142 valence electrons. The van der Waals surface area contributed by atoms with Crippen LogP contribution in [0.2, 0.25) is 0 Å². The van der Waals surface area contributed by atoms with Crippen LogP contribution in [0, 0.1) is 5.92 Å². The molecular weight excluding hydrogens is 338 g/mol. The second kappa shape index (κ2) is 9.47. The average molecular weight is 365 g/mol. The van der Waals surface area contributed by atoms with Crippen molar-refractivity contribution < 1.29 is 14.7 Å². The van der Waals surface area contributed by atoms with Crippen LogP contribution in [0.3, 0.4) is 0 Å². The SMILES string of the molecule is O=C(N[C@@H](CC1CCCCC1)[C@@H](O)C(=O)c1ccccc1)c1ccccc1. The molecule has 2 atom stereocenters. The third kappa shape index (κ3) is 5.27. The lowest BCUT2D eigenvalue weighted by molar-refractivity contribution is 0.0592. The summed E-state index contributed by atoms with van der Waals surface area (Å²) in [5, 5.41) is 13.7. The molecule has 1 saturated carbocycles. The second-order valence-corrected chi connectivity index (χ2v) is 7.36. The molecule has 2 aromatic carbocycles. The Balaban J connectivity index is 1.75. The molecule has 0 saturated heterocycles. The first kappa shape index (κ1) is 19.3. The van der Waals surface area contributed by atoms with Crippen molar-refractivity contribution in [2.45, 2.75) is 50.7 Å². The van der Waals surface area contributed by atoms with E-state index in [4.69, 9.17) is 0 Å². The molecule has 27 heavy (non-hydrogen) atoms. The van der Waals surface area contributed by atoms with Crippen molar-refractivity contribution in [3.63, 3.8) is 0 Å². The number of benzene rings is 2. The van der Waals surface area contributed by atoms with E-state index in [0.29, 0.717) is 23.5 Å². The summed E-state index contributed by atoms with van der Waals surface area (Å²) in [6.07, 6.45) is 5.14. The third-order valence-corrected chi connectivity index (χ3v) is 5.37. The van der Waals surface area contributed by atoms with E-state index >= 15 is 0 Å². The molecule has 3 rings (SSSR count). The Morgan fingerprint density at radius 2 is 1.44 bits per heavy atom. The standard InChI is InChI=1S/C23H27NO3/c25-21(18-12-6-2-7-13-18)22(26)20(16-17-10-4-1-5-11-17)24-23(27)19-14-8-3-9-15-19/h2-3,6-9,12-15,17,20,22,26H,1,4-5,10-11,16H2,(H,24,27)/t20-,22+/m0/s1. The number of hydrogen-bond donors (Lipinski definition) is 2. The molecule has 1 amide bonds. The number of amides is 1. The zero-order valence-corrected chi connectivity index (χ0v) is 15.5. The highest BCUT2D eigenvalue weighted by atomic mass is 16.3. The van der Waals surface area contributed by atoms with Gasteiger partial charge in [0.2, 0.25) is 0 Å². The molecule has 0 spiro atoms. The van der Waals surface area contributed by atoms with Gasteiger partial charge in [-0.2, -0.15) is 0 Å². The number of rotatable bonds is 7. The van der Waals surface area contributed by atoms with E-state index in [0.717, 1.165) is 12.8 Å². The first-order chi connectivity index (χ1) is 13.1. The van der Waals surface area contributed by atoms with Gasteiger partial charge in [-0.25, -0.2) is 0 Å². The van der Waals surface area contributed by atoms with Gasteiger partial charge in [-0.3, -0.25) is 9.59 Å². The summed E-state index contributed by atoms with van der Waals surface area (Å²) >= 11 is 0. The summed E-state index contributed by atoms with van der Waals surface area (Å²) in [6.45, 7) is 0. The number of aliphatic hydroxyl groups is 1. The zero-order chi connectivity index (χ0) is 19.1. The van der Waals surface area contributed by atoms with E-state index < -0.39 is 12.1 Å². The molecule has 4 nitrogen and oxygen atoms in total. The van der Waals surface area contributed by atoms with Crippen LogP contribution in [-0.2, 0) is 0 Å². The molecule has 0 bridgehead atoms. The summed E-state index contributed by atoms with van der Waals surface area (Å²) in [5.41, 5.74) is 0.998. The van der Waals surface area contributed by atoms with Gasteiger partial charge in [-0.05, 0) is 24.5 Å². The molecule has 0 heterocycles. The lowest BCUT2D eigenvalue weighted by atomic mass is 9.82. The van der Waals surface area contributed by atoms with Crippen LogP contribution in [0.25, 0.3) is 0 Å². The number of nitrogens with one attached hydrogen (secondary N) is 1. The van der Waals surface area contributed by atoms with Crippen LogP contribution in [0.4, 0.5) is 0 Å². The molecule has 1 aliphatic rings. The van der Waals surface area contributed by atoms with E-state index in [-0.39, 0.29) is 11.7 Å². The number of Topliss-reactive ketones (excluding diaryl/α,β-unsaturated/α-hetero) is 1. The fraction of sp³-hybridized carbons (Fsp3) is 0.391. The summed E-state index contributed by atoms with van der Waals surface area (Å²) in [4.78, 5) is 25.4. The lowest BCUT2D eigenvalue weighted by Crippen LogP contribution is -2.48. The predicted molar refractivity (Wildman–Crippen MR) is 106 cm³/mol. The Morgan fingerprint density at radius 3 is 2.04 bits per heavy atom. The molecule has 0 aliphatic heterocycles. The van der Waals surface area contributed by atoms with Gasteiger partial charge in [-0.1, -0.05) is 80.6 Å². The van der Waals surface area contributed by atoms with Crippen LogP contribution < -0.4 is 5.32 Å². The maximum absolute atomic E-state index is 12.7. The fourth-order valence-electron chi connectivity index (χ4n) is 3.85. The number of carbonyl (C=O) groups excluding carboxylic acids is 2. The van der Waals surface area contributed by atoms with Gasteiger partial charge >= 0.3 is 0 Å². The minimum Gasteiger partial charge on any atom is -0.383 e. The first-order valence-corrected chi connectivity index (χ1v) is 9.78. The van der Waals surface area contributed by atoms with Crippen molar-refractivity contribution >= 4 is 11.7 Å². The van der Waals surface area contributed by atoms with Crippen molar-refractivity contribution in [1.82, 2.24) is 5.32 Å². The van der Waals surface area contributed by atoms with Crippen LogP contribution in [0.5, 0.6) is 0 Å². The Bertz CT molecular complexity index is 739. The van der Waals surface area contributed by atoms with Crippen LogP contribution in [0.1, 0.15) is 59.2 Å². The number of aliphatic hydroxyl groups excluding tert-OH is 1. The molecule has 4 heteroatoms. The third-order valence-electron chi connectivity index (χ3n) is 5.37. The molecule has 2 aromatic rings. The van der Waals surface area contributed by atoms with Gasteiger partial charge in [-0.15, -0.1) is 0 Å². The summed E-state index contributed by atoms with van der Waals surface area (Å²) in [6, 6.07) is 17.1. The van der Waals surface area contributed by atoms with E-state index in [9.17, 15) is 14.7 Å². The van der Waals surface area contributed by atoms with Gasteiger partial charge in [0, 0.05) is 11.1 Å². The van der Waals surface area contributed by atoms with Crippen molar-refractivity contribution in [3.8, 4) is 0 Å². The number of ketones is 1. The summed E-state index contributed by atoms with van der Waals surface area (Å²) < 4.78 is 0. The van der Waals surface area contributed by atoms with Gasteiger partial charge in [0.1, 0.15) is 6.10 Å². The minimum atomic E-state index is -1.25. The van der Waals surface area contributed by atoms with E-state index in [1.165, 1.54) is 19.3 Å². The molecule has 0 aromatic heterocycles. The highest BCUT2D eigenvalue weighted by Gasteiger charge is 2.31. The van der Waals surface area contributed by atoms with Crippen molar-refractivity contribution in [1.29, 1.82) is 0 Å². The molecule has 0 radical (unpaired) electrons. The average Bonchev–Trinajstić information content (AvgIpc) is 2.74. The molecule has 2 N–H and O–H groups in total. The van der Waals surface area contributed by atoms with Crippen LogP contribution >= 0.6 is 0 Å². The van der Waals surface area contributed by atoms with E-state index in [1.807, 2.05) is 12.1 Å². The maximum Gasteiger partial charge on any atom is 0.251 e. The molecule has 1 aliphatic carbocycles. The zero-order valence-electron chi connectivity index (χ0n) is 15.5. The van der Waals surface area contributed by atoms with Gasteiger partial charge in [0.25, 0.3) is 5.91 Å². The second-order valence-electron chi connectivity index (χ2n) is 7.36. The Kier molecular flexibility index (Phi) is 6.77. The molecule has 0 unspecified atom stereocenters. The molecule has 1 fully saturated rings. The Hall–Kier alpha value is -2.46. The molecular formula is C23H27NO3. The summed E-state index contributed by atoms with van der Waals surface area (Å²) in [7, 11) is 0. The van der Waals surface area contributed by atoms with Gasteiger partial charge < -0.3 is 10.4 Å². The Labute approximate surface area is 160 Å². The fourth-order valence-corrected chi connectivity index (χ4v) is 3.85. The summed E-state index contributed by atoms with van der Waals surface area (Å²) in [5.74, 6) is -0.167. The smallest absolute Gasteiger partial charge is 0.251 e. The first-order valence-electron chi connectivity index (χ1n) is 9.78. The monoisotopic (exact) mass is 365 g/mol. The quantitative estimate of drug-likeness (QED) is 0.729. The van der Waals surface area contributed by atoms with Crippen molar-refractivity contribution in [2.24, 2.45) is 5.92 Å². The Morgan fingerprint density at radius 1 is 0.889 bits per heavy atom. The lowest BCUT2D eigenvalue weighted by Gasteiger charge is -2.29. The van der Waals surface area contributed by atoms with E-state index in [2.05, 4.69) is 5.32 Å². The van der Waals surface area contributed by atoms with E-state index in [1.54, 1.807) is 48.5 Å². The normalized spacial score (nSPS) is 17.1. The maximum atomic E-state index is 12.7. The minimum absolute atomic E-state index is 0.253. The highest BCUT2D eigenvalue weighted by Crippen LogP contribution is 2.28.